The van der Waals surface area contributed by atoms with Gasteiger partial charge in [-0.15, -0.1) is 0 Å². The van der Waals surface area contributed by atoms with E-state index in [0.29, 0.717) is 16.9 Å². The average Bonchev–Trinajstić information content (AvgIpc) is 2.83. The van der Waals surface area contributed by atoms with E-state index in [0.717, 1.165) is 11.3 Å². The lowest BCUT2D eigenvalue weighted by Crippen LogP contribution is -2.41. The van der Waals surface area contributed by atoms with Gasteiger partial charge in [0.05, 0.1) is 23.4 Å². The normalized spacial score (nSPS) is 14.3. The Kier molecular flexibility index (Phi) is 6.68. The highest BCUT2D eigenvalue weighted by Crippen LogP contribution is 2.26. The van der Waals surface area contributed by atoms with E-state index in [1.807, 2.05) is 37.3 Å². The van der Waals surface area contributed by atoms with E-state index in [1.54, 1.807) is 30.3 Å². The van der Waals surface area contributed by atoms with Crippen LogP contribution in [-0.4, -0.2) is 36.2 Å². The second-order valence-corrected chi connectivity index (χ2v) is 7.93. The van der Waals surface area contributed by atoms with Gasteiger partial charge in [0.1, 0.15) is 6.04 Å². The van der Waals surface area contributed by atoms with Crippen LogP contribution >= 0.6 is 0 Å². The number of hydrogen-bond acceptors (Lipinski definition) is 6. The zero-order chi connectivity index (χ0) is 24.1. The summed E-state index contributed by atoms with van der Waals surface area (Å²) < 4.78 is 5.11. The van der Waals surface area contributed by atoms with Gasteiger partial charge < -0.3 is 20.7 Å². The Morgan fingerprint density at radius 3 is 2.24 bits per heavy atom. The third-order valence-electron chi connectivity index (χ3n) is 5.33. The molecule has 0 aliphatic carbocycles. The van der Waals surface area contributed by atoms with E-state index in [9.17, 15) is 19.2 Å². The molecule has 4 rings (SSSR count). The summed E-state index contributed by atoms with van der Waals surface area (Å²) in [6.07, 6.45) is -0.0644. The maximum absolute atomic E-state index is 12.4. The number of anilines is 3. The minimum atomic E-state index is -0.699. The Balaban J connectivity index is 1.28. The first kappa shape index (κ1) is 22.7. The van der Waals surface area contributed by atoms with Gasteiger partial charge in [0.15, 0.2) is 12.4 Å². The Hall–Kier alpha value is -4.46. The van der Waals surface area contributed by atoms with Gasteiger partial charge in [-0.2, -0.15) is 0 Å². The summed E-state index contributed by atoms with van der Waals surface area (Å²) in [5, 5.41) is 8.55. The second-order valence-electron chi connectivity index (χ2n) is 7.93. The fourth-order valence-electron chi connectivity index (χ4n) is 3.46. The van der Waals surface area contributed by atoms with E-state index < -0.39 is 12.0 Å². The molecule has 3 aromatic carbocycles. The van der Waals surface area contributed by atoms with Crippen molar-refractivity contribution in [3.63, 3.8) is 0 Å². The van der Waals surface area contributed by atoms with Gasteiger partial charge in [0.2, 0.25) is 11.8 Å². The number of ether oxygens (including phenoxy) is 1. The molecule has 0 aromatic heterocycles. The summed E-state index contributed by atoms with van der Waals surface area (Å²) >= 11 is 0. The molecular formula is C26H23N3O5. The highest BCUT2D eigenvalue weighted by molar-refractivity contribution is 6.06. The van der Waals surface area contributed by atoms with Crippen LogP contribution in [0.3, 0.4) is 0 Å². The summed E-state index contributed by atoms with van der Waals surface area (Å²) in [7, 11) is 0. The smallest absolute Gasteiger partial charge is 0.338 e. The van der Waals surface area contributed by atoms with Crippen LogP contribution in [-0.2, 0) is 14.3 Å². The molecule has 1 aliphatic rings. The molecule has 0 saturated heterocycles. The van der Waals surface area contributed by atoms with Crippen molar-refractivity contribution in [2.45, 2.75) is 19.4 Å². The topological polar surface area (TPSA) is 114 Å². The van der Waals surface area contributed by atoms with Crippen molar-refractivity contribution in [3.05, 3.63) is 89.5 Å². The number of aryl methyl sites for hydroxylation is 1. The molecule has 172 valence electrons. The molecule has 8 heteroatoms. The van der Waals surface area contributed by atoms with Crippen molar-refractivity contribution in [2.75, 3.05) is 22.6 Å². The molecule has 2 amide bonds. The van der Waals surface area contributed by atoms with Crippen LogP contribution in [0.25, 0.3) is 0 Å². The molecule has 0 radical (unpaired) electrons. The summed E-state index contributed by atoms with van der Waals surface area (Å²) in [6.45, 7) is 1.56. The molecule has 0 bridgehead atoms. The maximum atomic E-state index is 12.4. The molecule has 3 aromatic rings. The van der Waals surface area contributed by atoms with E-state index in [2.05, 4.69) is 16.0 Å². The molecular weight excluding hydrogens is 434 g/mol. The van der Waals surface area contributed by atoms with Gasteiger partial charge in [-0.3, -0.25) is 14.4 Å². The summed E-state index contributed by atoms with van der Waals surface area (Å²) in [5.41, 5.74) is 3.65. The Morgan fingerprint density at radius 1 is 0.882 bits per heavy atom. The number of benzene rings is 3. The molecule has 1 heterocycles. The predicted octanol–water partition coefficient (Wildman–Crippen LogP) is 3.80. The van der Waals surface area contributed by atoms with Gasteiger partial charge in [0.25, 0.3) is 0 Å². The van der Waals surface area contributed by atoms with Crippen LogP contribution in [0.15, 0.2) is 72.8 Å². The molecule has 8 nitrogen and oxygen atoms in total. The van der Waals surface area contributed by atoms with Crippen LogP contribution in [0.4, 0.5) is 17.1 Å². The van der Waals surface area contributed by atoms with Crippen LogP contribution in [0.1, 0.15) is 32.7 Å². The predicted molar refractivity (Wildman–Crippen MR) is 128 cm³/mol. The van der Waals surface area contributed by atoms with Crippen molar-refractivity contribution < 1.29 is 23.9 Å². The molecule has 3 N–H and O–H groups in total. The fourth-order valence-corrected chi connectivity index (χ4v) is 3.46. The van der Waals surface area contributed by atoms with Crippen LogP contribution in [0.2, 0.25) is 0 Å². The number of rotatable bonds is 7. The summed E-state index contributed by atoms with van der Waals surface area (Å²) in [4.78, 5) is 49.1. The first-order valence-corrected chi connectivity index (χ1v) is 10.7. The first-order chi connectivity index (χ1) is 16.4. The number of amides is 2. The molecule has 0 spiro atoms. The zero-order valence-corrected chi connectivity index (χ0v) is 18.5. The monoisotopic (exact) mass is 457 g/mol. The quantitative estimate of drug-likeness (QED) is 0.367. The van der Waals surface area contributed by atoms with E-state index in [-0.39, 0.29) is 36.2 Å². The van der Waals surface area contributed by atoms with Crippen molar-refractivity contribution >= 4 is 40.6 Å². The first-order valence-electron chi connectivity index (χ1n) is 10.7. The number of fused-ring (bicyclic) bond motifs is 1. The highest BCUT2D eigenvalue weighted by atomic mass is 16.5. The number of para-hydroxylation sites is 2. The van der Waals surface area contributed by atoms with E-state index in [1.165, 1.54) is 12.1 Å². The lowest BCUT2D eigenvalue weighted by atomic mass is 10.1. The number of hydrogen-bond donors (Lipinski definition) is 3. The third kappa shape index (κ3) is 5.47. The lowest BCUT2D eigenvalue weighted by Gasteiger charge is -2.26. The summed E-state index contributed by atoms with van der Waals surface area (Å²) in [5.74, 6) is -1.57. The van der Waals surface area contributed by atoms with Crippen LogP contribution in [0.5, 0.6) is 0 Å². The second kappa shape index (κ2) is 9.99. The lowest BCUT2D eigenvalue weighted by molar-refractivity contribution is -0.122. The molecule has 0 fully saturated rings. The van der Waals surface area contributed by atoms with E-state index >= 15 is 0 Å². The largest absolute Gasteiger partial charge is 0.454 e. The zero-order valence-electron chi connectivity index (χ0n) is 18.5. The van der Waals surface area contributed by atoms with Crippen molar-refractivity contribution in [1.82, 2.24) is 0 Å². The highest BCUT2D eigenvalue weighted by Gasteiger charge is 2.27. The maximum Gasteiger partial charge on any atom is 0.338 e. The standard InChI is InChI=1S/C26H23N3O5/c1-16-6-8-17(9-7-16)23(30)15-34-26(33)18-10-12-19(13-11-18)27-24(31)14-22-25(32)29-21-5-3-2-4-20(21)28-22/h2-13,22,28H,14-15H2,1H3,(H,27,31)(H,29,32). The Labute approximate surface area is 196 Å². The van der Waals surface area contributed by atoms with Crippen molar-refractivity contribution in [2.24, 2.45) is 0 Å². The average molecular weight is 457 g/mol. The number of ketones is 1. The molecule has 34 heavy (non-hydrogen) atoms. The number of esters is 1. The molecule has 1 aliphatic heterocycles. The summed E-state index contributed by atoms with van der Waals surface area (Å²) in [6, 6.07) is 19.7. The fraction of sp³-hybridized carbons (Fsp3) is 0.154. The van der Waals surface area contributed by atoms with Gasteiger partial charge in [-0.25, -0.2) is 4.79 Å². The van der Waals surface area contributed by atoms with Gasteiger partial charge in [-0.1, -0.05) is 42.0 Å². The minimum absolute atomic E-state index is 0.0644. The number of carbonyl (C=O) groups is 4. The van der Waals surface area contributed by atoms with Crippen LogP contribution in [0, 0.1) is 6.92 Å². The third-order valence-corrected chi connectivity index (χ3v) is 5.33. The van der Waals surface area contributed by atoms with Crippen molar-refractivity contribution in [3.8, 4) is 0 Å². The van der Waals surface area contributed by atoms with Crippen LogP contribution < -0.4 is 16.0 Å². The Morgan fingerprint density at radius 2 is 1.53 bits per heavy atom. The number of Topliss-reactive ketones (excluding diaryl/α,β-unsaturated/α-hetero) is 1. The Bertz CT molecular complexity index is 1240. The van der Waals surface area contributed by atoms with Gasteiger partial charge in [0, 0.05) is 11.3 Å². The number of nitrogens with one attached hydrogen (secondary N) is 3. The number of carbonyl (C=O) groups excluding carboxylic acids is 4. The SMILES string of the molecule is Cc1ccc(C(=O)COC(=O)c2ccc(NC(=O)CC3Nc4ccccc4NC3=O)cc2)cc1. The minimum Gasteiger partial charge on any atom is -0.454 e. The molecule has 1 atom stereocenters. The van der Waals surface area contributed by atoms with Crippen molar-refractivity contribution in [1.29, 1.82) is 0 Å². The van der Waals surface area contributed by atoms with Gasteiger partial charge in [-0.05, 0) is 43.3 Å². The molecule has 0 saturated carbocycles. The van der Waals surface area contributed by atoms with Gasteiger partial charge >= 0.3 is 5.97 Å². The molecule has 1 unspecified atom stereocenters. The van der Waals surface area contributed by atoms with E-state index in [4.69, 9.17) is 4.74 Å².